The van der Waals surface area contributed by atoms with E-state index in [2.05, 4.69) is 240 Å². The molecule has 0 fully saturated rings. The van der Waals surface area contributed by atoms with Crippen molar-refractivity contribution in [1.29, 1.82) is 0 Å². The molecule has 0 heterocycles. The first-order chi connectivity index (χ1) is 45.3. The van der Waals surface area contributed by atoms with Crippen LogP contribution in [0.1, 0.15) is 252 Å². The SMILES string of the molecule is CCCCCCCCC1(CCCCCCCC)c2ccccc2-c2ccc(-c3ccc4c(c3)C(O)(c3ccc(N(c5ccccc5)c5ccc(C)cc5)cc3)c3cc(-c5ccc6c(c5)C(CCCCCCCC)(CCCCCCCC)c5ccccc5-6)ccc3-4)cc21. The normalized spacial score (nSPS) is 14.2. The molecule has 9 aromatic rings. The van der Waals surface area contributed by atoms with E-state index in [0.29, 0.717) is 0 Å². The van der Waals surface area contributed by atoms with Gasteiger partial charge in [0.05, 0.1) is 0 Å². The summed E-state index contributed by atoms with van der Waals surface area (Å²) >= 11 is 0. The summed E-state index contributed by atoms with van der Waals surface area (Å²) < 4.78 is 0. The molecule has 0 radical (unpaired) electrons. The van der Waals surface area contributed by atoms with Crippen molar-refractivity contribution in [3.8, 4) is 55.6 Å². The fourth-order valence-electron chi connectivity index (χ4n) is 17.0. The molecule has 0 bridgehead atoms. The van der Waals surface area contributed by atoms with Crippen LogP contribution in [0.25, 0.3) is 55.6 Å². The minimum absolute atomic E-state index is 0.0298. The highest BCUT2D eigenvalue weighted by atomic mass is 16.3. The highest BCUT2D eigenvalue weighted by molar-refractivity contribution is 5.90. The summed E-state index contributed by atoms with van der Waals surface area (Å²) in [5.41, 5.74) is 24.4. The van der Waals surface area contributed by atoms with Crippen molar-refractivity contribution in [1.82, 2.24) is 0 Å². The molecule has 0 saturated carbocycles. The Balaban J connectivity index is 0.962. The average molecular weight is 1220 g/mol. The number of para-hydroxylation sites is 1. The molecule has 0 amide bonds. The Morgan fingerprint density at radius 2 is 0.565 bits per heavy atom. The maximum Gasteiger partial charge on any atom is 0.141 e. The van der Waals surface area contributed by atoms with Gasteiger partial charge < -0.3 is 10.0 Å². The summed E-state index contributed by atoms with van der Waals surface area (Å²) in [6.45, 7) is 11.5. The number of rotatable bonds is 34. The Hall–Kier alpha value is -7.26. The van der Waals surface area contributed by atoms with Crippen molar-refractivity contribution in [2.75, 3.05) is 4.90 Å². The number of hydrogen-bond donors (Lipinski definition) is 1. The predicted octanol–water partition coefficient (Wildman–Crippen LogP) is 26.6. The number of anilines is 3. The van der Waals surface area contributed by atoms with E-state index in [-0.39, 0.29) is 10.8 Å². The summed E-state index contributed by atoms with van der Waals surface area (Å²) in [5.74, 6) is 0. The summed E-state index contributed by atoms with van der Waals surface area (Å²) in [4.78, 5) is 2.33. The molecule has 0 unspecified atom stereocenters. The quantitative estimate of drug-likeness (QED) is 0.0406. The monoisotopic (exact) mass is 1220 g/mol. The standard InChI is InChI=1S/C90H105NO/c1-6-10-14-18-22-33-59-88(60-34-23-19-15-11-7-2)82-41-31-29-39-76(82)78-55-45-68(63-84(78)88)70-47-57-80-81-58-48-71(66-87(81)90(92,86(80)65-70)72-49-53-75(54-50-72)91(73-37-27-26-28-38-73)74-51-43-67(5)44-52-74)69-46-56-79-77-40-30-32-42-83(77)89(85(79)64-69,61-35-24-20-16-12-8-3)62-36-25-21-17-13-9-4/h26-32,37-58,63-66,92H,6-25,33-36,59-62H2,1-5H3. The fourth-order valence-corrected chi connectivity index (χ4v) is 17.0. The number of unbranched alkanes of at least 4 members (excludes halogenated alkanes) is 20. The van der Waals surface area contributed by atoms with Crippen molar-refractivity contribution in [2.24, 2.45) is 0 Å². The van der Waals surface area contributed by atoms with Crippen LogP contribution in [0.15, 0.2) is 200 Å². The van der Waals surface area contributed by atoms with Gasteiger partial charge >= 0.3 is 0 Å². The van der Waals surface area contributed by atoms with Crippen LogP contribution in [-0.4, -0.2) is 5.11 Å². The van der Waals surface area contributed by atoms with Gasteiger partial charge in [-0.1, -0.05) is 327 Å². The Morgan fingerprint density at radius 1 is 0.272 bits per heavy atom. The Labute approximate surface area is 555 Å². The lowest BCUT2D eigenvalue weighted by Gasteiger charge is -2.33. The first kappa shape index (κ1) is 64.8. The van der Waals surface area contributed by atoms with Crippen LogP contribution in [0.2, 0.25) is 0 Å². The third-order valence-corrected chi connectivity index (χ3v) is 22.0. The minimum Gasteiger partial charge on any atom is -0.376 e. The van der Waals surface area contributed by atoms with Gasteiger partial charge in [0, 0.05) is 39.0 Å². The topological polar surface area (TPSA) is 23.5 Å². The van der Waals surface area contributed by atoms with Gasteiger partial charge in [-0.3, -0.25) is 0 Å². The first-order valence-corrected chi connectivity index (χ1v) is 36.8. The highest BCUT2D eigenvalue weighted by Crippen LogP contribution is 2.59. The van der Waals surface area contributed by atoms with Crippen molar-refractivity contribution >= 4 is 17.1 Å². The third-order valence-electron chi connectivity index (χ3n) is 22.0. The van der Waals surface area contributed by atoms with E-state index in [9.17, 15) is 5.11 Å². The molecule has 12 rings (SSSR count). The lowest BCUT2D eigenvalue weighted by Crippen LogP contribution is -2.26. The summed E-state index contributed by atoms with van der Waals surface area (Å²) in [6, 6.07) is 76.1. The molecule has 92 heavy (non-hydrogen) atoms. The largest absolute Gasteiger partial charge is 0.376 e. The summed E-state index contributed by atoms with van der Waals surface area (Å²) in [7, 11) is 0. The van der Waals surface area contributed by atoms with Gasteiger partial charge in [-0.2, -0.15) is 0 Å². The van der Waals surface area contributed by atoms with Crippen molar-refractivity contribution in [3.63, 3.8) is 0 Å². The second-order valence-corrected chi connectivity index (χ2v) is 28.1. The summed E-state index contributed by atoms with van der Waals surface area (Å²) in [5, 5.41) is 14.5. The van der Waals surface area contributed by atoms with Crippen LogP contribution in [-0.2, 0) is 16.4 Å². The maximum atomic E-state index is 14.5. The zero-order valence-electron chi connectivity index (χ0n) is 56.7. The number of aliphatic hydroxyl groups is 1. The third kappa shape index (κ3) is 13.2. The van der Waals surface area contributed by atoms with E-state index < -0.39 is 5.60 Å². The molecule has 0 atom stereocenters. The number of fused-ring (bicyclic) bond motifs is 9. The minimum atomic E-state index is -1.45. The van der Waals surface area contributed by atoms with E-state index >= 15 is 0 Å². The number of aryl methyl sites for hydroxylation is 1. The zero-order chi connectivity index (χ0) is 63.3. The second-order valence-electron chi connectivity index (χ2n) is 28.1. The highest BCUT2D eigenvalue weighted by Gasteiger charge is 2.46. The molecule has 2 nitrogen and oxygen atoms in total. The molecule has 0 saturated heterocycles. The van der Waals surface area contributed by atoms with E-state index in [1.807, 2.05) is 0 Å². The van der Waals surface area contributed by atoms with Gasteiger partial charge in [0.2, 0.25) is 0 Å². The van der Waals surface area contributed by atoms with E-state index in [4.69, 9.17) is 0 Å². The van der Waals surface area contributed by atoms with Crippen LogP contribution in [0.5, 0.6) is 0 Å². The number of benzene rings is 9. The molecule has 1 N–H and O–H groups in total. The molecule has 0 aromatic heterocycles. The van der Waals surface area contributed by atoms with Crippen LogP contribution in [0.4, 0.5) is 17.1 Å². The molecular weight excluding hydrogens is 1110 g/mol. The molecule has 0 aliphatic heterocycles. The summed E-state index contributed by atoms with van der Waals surface area (Å²) in [6.07, 6.45) is 35.9. The fraction of sp³-hybridized carbons (Fsp3) is 0.400. The molecule has 2 heteroatoms. The molecular formula is C90H105NO. The van der Waals surface area contributed by atoms with Gasteiger partial charge in [-0.05, 0) is 177 Å². The average Bonchev–Trinajstić information content (AvgIpc) is 1.57. The van der Waals surface area contributed by atoms with Gasteiger partial charge in [0.15, 0.2) is 0 Å². The predicted molar refractivity (Wildman–Crippen MR) is 395 cm³/mol. The van der Waals surface area contributed by atoms with Crippen LogP contribution < -0.4 is 4.90 Å². The van der Waals surface area contributed by atoms with E-state index in [1.165, 1.54) is 241 Å². The van der Waals surface area contributed by atoms with Crippen LogP contribution in [0.3, 0.4) is 0 Å². The molecule has 476 valence electrons. The van der Waals surface area contributed by atoms with E-state index in [0.717, 1.165) is 56.0 Å². The van der Waals surface area contributed by atoms with Crippen LogP contribution >= 0.6 is 0 Å². The maximum absolute atomic E-state index is 14.5. The number of hydrogen-bond acceptors (Lipinski definition) is 2. The van der Waals surface area contributed by atoms with Gasteiger partial charge in [0.25, 0.3) is 0 Å². The van der Waals surface area contributed by atoms with Crippen molar-refractivity contribution in [3.05, 3.63) is 245 Å². The lowest BCUT2D eigenvalue weighted by molar-refractivity contribution is 0.131. The lowest BCUT2D eigenvalue weighted by atomic mass is 9.70. The molecule has 3 aliphatic rings. The van der Waals surface area contributed by atoms with E-state index in [1.54, 1.807) is 0 Å². The Morgan fingerprint density at radius 3 is 0.946 bits per heavy atom. The van der Waals surface area contributed by atoms with Crippen molar-refractivity contribution < 1.29 is 5.11 Å². The first-order valence-electron chi connectivity index (χ1n) is 36.8. The van der Waals surface area contributed by atoms with Gasteiger partial charge in [0.1, 0.15) is 5.60 Å². The van der Waals surface area contributed by atoms with Crippen LogP contribution in [0, 0.1) is 6.92 Å². The molecule has 0 spiro atoms. The molecule has 3 aliphatic carbocycles. The van der Waals surface area contributed by atoms with Crippen molar-refractivity contribution in [2.45, 2.75) is 231 Å². The zero-order valence-corrected chi connectivity index (χ0v) is 56.7. The smallest absolute Gasteiger partial charge is 0.141 e. The second kappa shape index (κ2) is 30.2. The Kier molecular flexibility index (Phi) is 21.3. The molecule has 9 aromatic carbocycles. The van der Waals surface area contributed by atoms with Gasteiger partial charge in [-0.25, -0.2) is 0 Å². The van der Waals surface area contributed by atoms with Gasteiger partial charge in [-0.15, -0.1) is 0 Å². The Bertz CT molecular complexity index is 3650. The number of nitrogens with zero attached hydrogens (tertiary/aromatic N) is 1.